The first-order chi connectivity index (χ1) is 9.74. The van der Waals surface area contributed by atoms with Crippen LogP contribution in [0.5, 0.6) is 0 Å². The van der Waals surface area contributed by atoms with Crippen molar-refractivity contribution in [1.82, 2.24) is 14.9 Å². The van der Waals surface area contributed by atoms with E-state index in [2.05, 4.69) is 10.3 Å². The molecule has 0 unspecified atom stereocenters. The Bertz CT molecular complexity index is 673. The van der Waals surface area contributed by atoms with Crippen LogP contribution in [0.25, 0.3) is 10.2 Å². The number of amides is 1. The van der Waals surface area contributed by atoms with Crippen molar-refractivity contribution in [1.29, 1.82) is 0 Å². The minimum atomic E-state index is -0.195. The average Bonchev–Trinajstić information content (AvgIpc) is 3.10. The zero-order valence-electron chi connectivity index (χ0n) is 10.9. The van der Waals surface area contributed by atoms with Crippen LogP contribution in [0, 0.1) is 0 Å². The Morgan fingerprint density at radius 2 is 2.50 bits per heavy atom. The van der Waals surface area contributed by atoms with Crippen LogP contribution in [-0.2, 0) is 16.1 Å². The summed E-state index contributed by atoms with van der Waals surface area (Å²) in [6.07, 6.45) is 3.54. The second kappa shape index (κ2) is 5.72. The molecule has 0 aliphatic carbocycles. The normalized spacial score (nSPS) is 18.5. The van der Waals surface area contributed by atoms with Gasteiger partial charge in [0.2, 0.25) is 5.91 Å². The lowest BCUT2D eigenvalue weighted by molar-refractivity contribution is -0.122. The molecule has 0 aromatic carbocycles. The van der Waals surface area contributed by atoms with E-state index in [0.717, 1.165) is 19.4 Å². The first kappa shape index (κ1) is 13.3. The van der Waals surface area contributed by atoms with Gasteiger partial charge in [-0.2, -0.15) is 0 Å². The van der Waals surface area contributed by atoms with Crippen molar-refractivity contribution in [3.63, 3.8) is 0 Å². The summed E-state index contributed by atoms with van der Waals surface area (Å²) in [7, 11) is 0. The Hall–Kier alpha value is -1.73. The lowest BCUT2D eigenvalue weighted by atomic mass is 10.2. The summed E-state index contributed by atoms with van der Waals surface area (Å²) in [5.41, 5.74) is -0.177. The summed E-state index contributed by atoms with van der Waals surface area (Å²) in [6.45, 7) is 1.25. The van der Waals surface area contributed by atoms with Crippen LogP contribution >= 0.6 is 11.3 Å². The number of nitrogens with zero attached hydrogens (tertiary/aromatic N) is 2. The quantitative estimate of drug-likeness (QED) is 0.903. The lowest BCUT2D eigenvalue weighted by Crippen LogP contribution is -2.36. The van der Waals surface area contributed by atoms with Crippen molar-refractivity contribution in [2.45, 2.75) is 25.5 Å². The highest BCUT2D eigenvalue weighted by Gasteiger charge is 2.16. The maximum Gasteiger partial charge on any atom is 0.262 e. The largest absolute Gasteiger partial charge is 0.376 e. The summed E-state index contributed by atoms with van der Waals surface area (Å²) >= 11 is 1.41. The number of carbonyl (C=O) groups is 1. The van der Waals surface area contributed by atoms with E-state index in [0.29, 0.717) is 16.8 Å². The maximum atomic E-state index is 12.1. The summed E-state index contributed by atoms with van der Waals surface area (Å²) in [5.74, 6) is -0.195. The van der Waals surface area contributed by atoms with Gasteiger partial charge in [-0.3, -0.25) is 14.2 Å². The Kier molecular flexibility index (Phi) is 3.79. The highest BCUT2D eigenvalue weighted by Crippen LogP contribution is 2.13. The van der Waals surface area contributed by atoms with Crippen LogP contribution in [0.3, 0.4) is 0 Å². The number of aromatic nitrogens is 2. The van der Waals surface area contributed by atoms with Crippen LogP contribution in [0.4, 0.5) is 0 Å². The first-order valence-electron chi connectivity index (χ1n) is 6.55. The summed E-state index contributed by atoms with van der Waals surface area (Å²) in [6, 6.07) is 1.73. The minimum Gasteiger partial charge on any atom is -0.376 e. The zero-order valence-corrected chi connectivity index (χ0v) is 11.7. The number of hydrogen-bond donors (Lipinski definition) is 1. The molecule has 1 aliphatic rings. The van der Waals surface area contributed by atoms with Gasteiger partial charge in [0.05, 0.1) is 17.8 Å². The van der Waals surface area contributed by atoms with E-state index in [1.807, 2.05) is 5.38 Å². The van der Waals surface area contributed by atoms with Crippen LogP contribution in [-0.4, -0.2) is 34.7 Å². The van der Waals surface area contributed by atoms with E-state index < -0.39 is 0 Å². The van der Waals surface area contributed by atoms with Crippen molar-refractivity contribution in [2.75, 3.05) is 13.2 Å². The van der Waals surface area contributed by atoms with Crippen molar-refractivity contribution in [3.8, 4) is 0 Å². The number of rotatable bonds is 4. The molecule has 20 heavy (non-hydrogen) atoms. The van der Waals surface area contributed by atoms with Gasteiger partial charge < -0.3 is 10.1 Å². The molecule has 1 aliphatic heterocycles. The van der Waals surface area contributed by atoms with E-state index in [9.17, 15) is 9.59 Å². The van der Waals surface area contributed by atoms with Gasteiger partial charge in [-0.1, -0.05) is 0 Å². The molecule has 1 N–H and O–H groups in total. The fourth-order valence-corrected chi connectivity index (χ4v) is 2.97. The van der Waals surface area contributed by atoms with Gasteiger partial charge in [0, 0.05) is 13.2 Å². The fraction of sp³-hybridized carbons (Fsp3) is 0.462. The van der Waals surface area contributed by atoms with E-state index in [1.54, 1.807) is 6.07 Å². The molecule has 6 nitrogen and oxygen atoms in total. The van der Waals surface area contributed by atoms with Crippen LogP contribution in [0.1, 0.15) is 12.8 Å². The Labute approximate surface area is 119 Å². The fourth-order valence-electron chi connectivity index (χ4n) is 2.25. The van der Waals surface area contributed by atoms with Gasteiger partial charge in [0.15, 0.2) is 0 Å². The lowest BCUT2D eigenvalue weighted by Gasteiger charge is -2.11. The second-order valence-electron chi connectivity index (χ2n) is 4.76. The molecule has 7 heteroatoms. The Morgan fingerprint density at radius 1 is 1.60 bits per heavy atom. The molecule has 1 fully saturated rings. The molecule has 3 rings (SSSR count). The van der Waals surface area contributed by atoms with Gasteiger partial charge in [0.1, 0.15) is 11.4 Å². The predicted molar refractivity (Wildman–Crippen MR) is 75.9 cm³/mol. The topological polar surface area (TPSA) is 73.2 Å². The molecule has 2 aromatic heterocycles. The van der Waals surface area contributed by atoms with E-state index in [1.165, 1.54) is 22.2 Å². The second-order valence-corrected chi connectivity index (χ2v) is 5.65. The minimum absolute atomic E-state index is 0.00958. The van der Waals surface area contributed by atoms with E-state index in [-0.39, 0.29) is 24.1 Å². The molecule has 1 amide bonds. The van der Waals surface area contributed by atoms with Gasteiger partial charge in [0.25, 0.3) is 5.56 Å². The summed E-state index contributed by atoms with van der Waals surface area (Å²) < 4.78 is 6.76. The van der Waals surface area contributed by atoms with Gasteiger partial charge in [-0.05, 0) is 24.3 Å². The monoisotopic (exact) mass is 293 g/mol. The van der Waals surface area contributed by atoms with Crippen molar-refractivity contribution < 1.29 is 9.53 Å². The standard InChI is InChI=1S/C13H15N3O3S/c17-11(14-6-9-2-1-4-19-9)7-16-8-15-12-10(13(16)18)3-5-20-12/h3,5,8-9H,1-2,4,6-7H2,(H,14,17)/t9-/m1/s1. The van der Waals surface area contributed by atoms with Crippen molar-refractivity contribution in [2.24, 2.45) is 0 Å². The number of fused-ring (bicyclic) bond motifs is 1. The van der Waals surface area contributed by atoms with Gasteiger partial charge >= 0.3 is 0 Å². The Balaban J connectivity index is 1.64. The third-order valence-corrected chi connectivity index (χ3v) is 4.14. The molecule has 0 bridgehead atoms. The highest BCUT2D eigenvalue weighted by molar-refractivity contribution is 7.16. The maximum absolute atomic E-state index is 12.1. The average molecular weight is 293 g/mol. The molecule has 2 aromatic rings. The molecule has 0 radical (unpaired) electrons. The van der Waals surface area contributed by atoms with Gasteiger partial charge in [-0.25, -0.2) is 4.98 Å². The van der Waals surface area contributed by atoms with Crippen LogP contribution in [0.15, 0.2) is 22.6 Å². The zero-order chi connectivity index (χ0) is 13.9. The molecule has 106 valence electrons. The molecule has 1 saturated heterocycles. The highest BCUT2D eigenvalue weighted by atomic mass is 32.1. The Morgan fingerprint density at radius 3 is 3.30 bits per heavy atom. The smallest absolute Gasteiger partial charge is 0.262 e. The third-order valence-electron chi connectivity index (χ3n) is 3.32. The number of carbonyl (C=O) groups excluding carboxylic acids is 1. The third kappa shape index (κ3) is 2.73. The van der Waals surface area contributed by atoms with Crippen molar-refractivity contribution >= 4 is 27.5 Å². The summed E-state index contributed by atoms with van der Waals surface area (Å²) in [5, 5.41) is 5.17. The number of thiophene rings is 1. The number of hydrogen-bond acceptors (Lipinski definition) is 5. The SMILES string of the molecule is O=C(Cn1cnc2sccc2c1=O)NC[C@H]1CCCO1. The molecule has 1 atom stereocenters. The molecule has 0 spiro atoms. The summed E-state index contributed by atoms with van der Waals surface area (Å²) in [4.78, 5) is 28.8. The predicted octanol–water partition coefficient (Wildman–Crippen LogP) is 0.753. The molecule has 3 heterocycles. The molecular formula is C13H15N3O3S. The number of nitrogens with one attached hydrogen (secondary N) is 1. The van der Waals surface area contributed by atoms with E-state index in [4.69, 9.17) is 4.74 Å². The van der Waals surface area contributed by atoms with Crippen LogP contribution in [0.2, 0.25) is 0 Å². The molecule has 0 saturated carbocycles. The number of ether oxygens (including phenoxy) is 1. The van der Waals surface area contributed by atoms with Gasteiger partial charge in [-0.15, -0.1) is 11.3 Å². The van der Waals surface area contributed by atoms with Crippen molar-refractivity contribution in [3.05, 3.63) is 28.1 Å². The van der Waals surface area contributed by atoms with E-state index >= 15 is 0 Å². The first-order valence-corrected chi connectivity index (χ1v) is 7.43. The van der Waals surface area contributed by atoms with Crippen LogP contribution < -0.4 is 10.9 Å². The molecular weight excluding hydrogens is 278 g/mol.